The summed E-state index contributed by atoms with van der Waals surface area (Å²) in [4.78, 5) is 12.4. The highest BCUT2D eigenvalue weighted by Gasteiger charge is 2.06. The maximum Gasteiger partial charge on any atom is 0.157 e. The van der Waals surface area contributed by atoms with Gasteiger partial charge >= 0.3 is 0 Å². The van der Waals surface area contributed by atoms with Crippen LogP contribution < -0.4 is 0 Å². The Morgan fingerprint density at radius 1 is 0.941 bits per heavy atom. The molecule has 0 fully saturated rings. The first-order valence-electron chi connectivity index (χ1n) is 5.63. The average molecular weight is 223 g/mol. The molecule has 0 atom stereocenters. The van der Waals surface area contributed by atoms with Crippen LogP contribution in [0.2, 0.25) is 0 Å². The second-order valence-electron chi connectivity index (χ2n) is 4.20. The molecule has 1 aromatic carbocycles. The Morgan fingerprint density at radius 2 is 1.76 bits per heavy atom. The van der Waals surface area contributed by atoms with E-state index in [9.17, 15) is 0 Å². The number of hydrogen-bond acceptors (Lipinski definition) is 2. The summed E-state index contributed by atoms with van der Waals surface area (Å²) in [7, 11) is 0. The van der Waals surface area contributed by atoms with Crippen molar-refractivity contribution in [2.45, 2.75) is 13.8 Å². The zero-order valence-electron chi connectivity index (χ0n) is 9.86. The molecule has 17 heavy (non-hydrogen) atoms. The van der Waals surface area contributed by atoms with Gasteiger partial charge in [-0.05, 0) is 37.6 Å². The van der Waals surface area contributed by atoms with Crippen molar-refractivity contribution in [3.63, 3.8) is 0 Å². The van der Waals surface area contributed by atoms with Gasteiger partial charge in [0.1, 0.15) is 5.69 Å². The van der Waals surface area contributed by atoms with Crippen molar-refractivity contribution in [2.75, 3.05) is 0 Å². The Morgan fingerprint density at radius 3 is 2.53 bits per heavy atom. The largest absolute Gasteiger partial charge is 0.337 e. The Kier molecular flexibility index (Phi) is 2.18. The highest BCUT2D eigenvalue weighted by atomic mass is 14.9. The molecule has 0 saturated carbocycles. The van der Waals surface area contributed by atoms with Crippen LogP contribution in [0.1, 0.15) is 11.3 Å². The number of para-hydroxylation sites is 2. The summed E-state index contributed by atoms with van der Waals surface area (Å²) in [6, 6.07) is 12.1. The SMILES string of the molecule is Cc1ccc(-c2nc3ccccc3[nH]2)nc1C. The monoisotopic (exact) mass is 223 g/mol. The maximum atomic E-state index is 4.54. The van der Waals surface area contributed by atoms with E-state index in [-0.39, 0.29) is 0 Å². The van der Waals surface area contributed by atoms with Gasteiger partial charge in [0, 0.05) is 5.69 Å². The number of rotatable bonds is 1. The van der Waals surface area contributed by atoms with E-state index in [1.165, 1.54) is 5.56 Å². The molecule has 0 radical (unpaired) electrons. The Hall–Kier alpha value is -2.16. The predicted octanol–water partition coefficient (Wildman–Crippen LogP) is 3.24. The van der Waals surface area contributed by atoms with Crippen LogP contribution in [-0.4, -0.2) is 15.0 Å². The number of aromatic amines is 1. The summed E-state index contributed by atoms with van der Waals surface area (Å²) in [6.07, 6.45) is 0. The fourth-order valence-corrected chi connectivity index (χ4v) is 1.84. The van der Waals surface area contributed by atoms with E-state index >= 15 is 0 Å². The lowest BCUT2D eigenvalue weighted by Crippen LogP contribution is -1.91. The summed E-state index contributed by atoms with van der Waals surface area (Å²) >= 11 is 0. The summed E-state index contributed by atoms with van der Waals surface area (Å²) in [6.45, 7) is 4.08. The van der Waals surface area contributed by atoms with Crippen molar-refractivity contribution in [3.05, 3.63) is 47.7 Å². The third kappa shape index (κ3) is 1.69. The van der Waals surface area contributed by atoms with Crippen LogP contribution in [0.3, 0.4) is 0 Å². The minimum Gasteiger partial charge on any atom is -0.337 e. The number of pyridine rings is 1. The van der Waals surface area contributed by atoms with Gasteiger partial charge in [-0.3, -0.25) is 0 Å². The van der Waals surface area contributed by atoms with E-state index in [4.69, 9.17) is 0 Å². The smallest absolute Gasteiger partial charge is 0.157 e. The molecule has 1 N–H and O–H groups in total. The number of aromatic nitrogens is 3. The first-order valence-corrected chi connectivity index (χ1v) is 5.63. The summed E-state index contributed by atoms with van der Waals surface area (Å²) in [5.74, 6) is 0.828. The minimum absolute atomic E-state index is 0.828. The molecule has 3 nitrogen and oxygen atoms in total. The van der Waals surface area contributed by atoms with E-state index in [1.807, 2.05) is 37.3 Å². The fourth-order valence-electron chi connectivity index (χ4n) is 1.84. The Bertz CT molecular complexity index is 650. The van der Waals surface area contributed by atoms with Crippen LogP contribution in [0.15, 0.2) is 36.4 Å². The van der Waals surface area contributed by atoms with Crippen LogP contribution in [0, 0.1) is 13.8 Å². The van der Waals surface area contributed by atoms with Gasteiger partial charge in [-0.15, -0.1) is 0 Å². The van der Waals surface area contributed by atoms with Gasteiger partial charge in [0.05, 0.1) is 11.0 Å². The molecule has 3 rings (SSSR count). The lowest BCUT2D eigenvalue weighted by Gasteiger charge is -2.00. The third-order valence-electron chi connectivity index (χ3n) is 2.98. The summed E-state index contributed by atoms with van der Waals surface area (Å²) < 4.78 is 0. The van der Waals surface area contributed by atoms with Gasteiger partial charge < -0.3 is 4.98 Å². The Labute approximate surface area is 99.5 Å². The number of nitrogens with zero attached hydrogens (tertiary/aromatic N) is 2. The van der Waals surface area contributed by atoms with Gasteiger partial charge in [-0.1, -0.05) is 18.2 Å². The molecule has 0 aliphatic carbocycles. The number of fused-ring (bicyclic) bond motifs is 1. The van der Waals surface area contributed by atoms with Crippen LogP contribution in [-0.2, 0) is 0 Å². The molecule has 0 spiro atoms. The van der Waals surface area contributed by atoms with Crippen LogP contribution in [0.4, 0.5) is 0 Å². The fraction of sp³-hybridized carbons (Fsp3) is 0.143. The van der Waals surface area contributed by atoms with Crippen LogP contribution >= 0.6 is 0 Å². The van der Waals surface area contributed by atoms with Gasteiger partial charge in [0.15, 0.2) is 5.82 Å². The maximum absolute atomic E-state index is 4.54. The number of nitrogens with one attached hydrogen (secondary N) is 1. The van der Waals surface area contributed by atoms with E-state index in [1.54, 1.807) is 0 Å². The molecule has 0 aliphatic heterocycles. The number of aryl methyl sites for hydroxylation is 2. The van der Waals surface area contributed by atoms with Gasteiger partial charge in [-0.2, -0.15) is 0 Å². The van der Waals surface area contributed by atoms with Crippen molar-refractivity contribution >= 4 is 11.0 Å². The third-order valence-corrected chi connectivity index (χ3v) is 2.98. The molecule has 0 bridgehead atoms. The molecule has 0 saturated heterocycles. The van der Waals surface area contributed by atoms with Crippen molar-refractivity contribution in [3.8, 4) is 11.5 Å². The minimum atomic E-state index is 0.828. The van der Waals surface area contributed by atoms with E-state index in [0.717, 1.165) is 28.2 Å². The van der Waals surface area contributed by atoms with Crippen molar-refractivity contribution in [2.24, 2.45) is 0 Å². The number of imidazole rings is 1. The van der Waals surface area contributed by atoms with Gasteiger partial charge in [0.25, 0.3) is 0 Å². The van der Waals surface area contributed by atoms with Crippen molar-refractivity contribution in [1.82, 2.24) is 15.0 Å². The topological polar surface area (TPSA) is 41.6 Å². The van der Waals surface area contributed by atoms with Crippen molar-refractivity contribution in [1.29, 1.82) is 0 Å². The Balaban J connectivity index is 2.17. The molecule has 0 aliphatic rings. The van der Waals surface area contributed by atoms with Gasteiger partial charge in [-0.25, -0.2) is 9.97 Å². The van der Waals surface area contributed by atoms with E-state index < -0.39 is 0 Å². The quantitative estimate of drug-likeness (QED) is 0.688. The zero-order chi connectivity index (χ0) is 11.8. The van der Waals surface area contributed by atoms with Crippen LogP contribution in [0.5, 0.6) is 0 Å². The summed E-state index contributed by atoms with van der Waals surface area (Å²) in [5.41, 5.74) is 5.15. The normalized spacial score (nSPS) is 10.9. The first kappa shape index (κ1) is 10.0. The van der Waals surface area contributed by atoms with E-state index in [2.05, 4.69) is 27.9 Å². The summed E-state index contributed by atoms with van der Waals surface area (Å²) in [5, 5.41) is 0. The molecular formula is C14H13N3. The molecular weight excluding hydrogens is 210 g/mol. The standard InChI is InChI=1S/C14H13N3/c1-9-7-8-13(15-10(9)2)14-16-11-5-3-4-6-12(11)17-14/h3-8H,1-2H3,(H,16,17). The molecule has 3 heteroatoms. The molecule has 0 amide bonds. The zero-order valence-corrected chi connectivity index (χ0v) is 9.86. The molecule has 84 valence electrons. The lowest BCUT2D eigenvalue weighted by molar-refractivity contribution is 1.13. The van der Waals surface area contributed by atoms with Crippen LogP contribution in [0.25, 0.3) is 22.6 Å². The highest BCUT2D eigenvalue weighted by Crippen LogP contribution is 2.19. The second kappa shape index (κ2) is 3.70. The number of hydrogen-bond donors (Lipinski definition) is 1. The number of H-pyrrole nitrogens is 1. The molecule has 2 aromatic heterocycles. The molecule has 0 unspecified atom stereocenters. The number of benzene rings is 1. The molecule has 2 heterocycles. The van der Waals surface area contributed by atoms with Gasteiger partial charge in [0.2, 0.25) is 0 Å². The average Bonchev–Trinajstić information content (AvgIpc) is 2.76. The highest BCUT2D eigenvalue weighted by molar-refractivity contribution is 5.78. The van der Waals surface area contributed by atoms with Crippen molar-refractivity contribution < 1.29 is 0 Å². The second-order valence-corrected chi connectivity index (χ2v) is 4.20. The van der Waals surface area contributed by atoms with E-state index in [0.29, 0.717) is 0 Å². The lowest BCUT2D eigenvalue weighted by atomic mass is 10.2. The predicted molar refractivity (Wildman–Crippen MR) is 68.8 cm³/mol. The first-order chi connectivity index (χ1) is 8.24. The molecule has 3 aromatic rings.